The zero-order valence-electron chi connectivity index (χ0n) is 17.1. The Morgan fingerprint density at radius 3 is 2.25 bits per heavy atom. The molecule has 3 rings (SSSR count). The van der Waals surface area contributed by atoms with Gasteiger partial charge in [0, 0.05) is 18.7 Å². The van der Waals surface area contributed by atoms with Crippen molar-refractivity contribution in [3.63, 3.8) is 0 Å². The minimum Gasteiger partial charge on any atom is -0.356 e. The maximum atomic E-state index is 13.5. The Bertz CT molecular complexity index is 1110. The van der Waals surface area contributed by atoms with Crippen molar-refractivity contribution in [3.05, 3.63) is 64.8 Å². The second kappa shape index (κ2) is 7.43. The topological polar surface area (TPSA) is 63.4 Å². The Hall–Kier alpha value is -2.60. The summed E-state index contributed by atoms with van der Waals surface area (Å²) in [4.78, 5) is 0.287. The predicted molar refractivity (Wildman–Crippen MR) is 112 cm³/mol. The molecule has 0 atom stereocenters. The van der Waals surface area contributed by atoms with Crippen molar-refractivity contribution in [1.29, 1.82) is 0 Å². The van der Waals surface area contributed by atoms with E-state index in [0.29, 0.717) is 17.0 Å². The summed E-state index contributed by atoms with van der Waals surface area (Å²) >= 11 is 0. The lowest BCUT2D eigenvalue weighted by atomic mass is 10.0. The van der Waals surface area contributed by atoms with Crippen molar-refractivity contribution < 1.29 is 12.9 Å². The lowest BCUT2D eigenvalue weighted by Crippen LogP contribution is -2.27. The molecule has 148 valence electrons. The van der Waals surface area contributed by atoms with Gasteiger partial charge in [-0.2, -0.15) is 0 Å². The molecule has 1 heterocycles. The Morgan fingerprint density at radius 2 is 1.68 bits per heavy atom. The van der Waals surface area contributed by atoms with Crippen LogP contribution < -0.4 is 4.31 Å². The molecule has 0 amide bonds. The highest BCUT2D eigenvalue weighted by molar-refractivity contribution is 7.92. The zero-order valence-corrected chi connectivity index (χ0v) is 18.0. The van der Waals surface area contributed by atoms with Crippen molar-refractivity contribution in [2.45, 2.75) is 45.4 Å². The molecule has 0 fully saturated rings. The average Bonchev–Trinajstić information content (AvgIpc) is 3.09. The van der Waals surface area contributed by atoms with Gasteiger partial charge in [0.15, 0.2) is 5.76 Å². The van der Waals surface area contributed by atoms with Crippen LogP contribution in [0.15, 0.2) is 51.9 Å². The molecule has 28 heavy (non-hydrogen) atoms. The van der Waals surface area contributed by atoms with Gasteiger partial charge in [-0.3, -0.25) is 4.31 Å². The molecule has 5 nitrogen and oxygen atoms in total. The van der Waals surface area contributed by atoms with Crippen molar-refractivity contribution in [3.8, 4) is 11.3 Å². The molecule has 3 aromatic rings. The molecule has 0 saturated heterocycles. The molecule has 0 aliphatic heterocycles. The van der Waals surface area contributed by atoms with Gasteiger partial charge in [0.25, 0.3) is 10.0 Å². The number of anilines is 1. The Labute approximate surface area is 167 Å². The van der Waals surface area contributed by atoms with Crippen molar-refractivity contribution >= 4 is 15.7 Å². The molecule has 0 spiro atoms. The van der Waals surface area contributed by atoms with Crippen LogP contribution in [0.5, 0.6) is 0 Å². The molecule has 0 aliphatic carbocycles. The molecule has 6 heteroatoms. The SMILES string of the molecule is Cc1cc(-c2ccc(C(C)C)c(S(=O)(=O)N(C)c3ccc(C)c(C)c3)c2)on1. The molecule has 1 aromatic heterocycles. The van der Waals surface area contributed by atoms with Crippen LogP contribution in [0.1, 0.15) is 42.1 Å². The van der Waals surface area contributed by atoms with Crippen molar-refractivity contribution in [2.75, 3.05) is 11.4 Å². The minimum atomic E-state index is -3.75. The van der Waals surface area contributed by atoms with E-state index in [9.17, 15) is 8.42 Å². The highest BCUT2D eigenvalue weighted by Crippen LogP contribution is 2.33. The van der Waals surface area contributed by atoms with Crippen molar-refractivity contribution in [2.24, 2.45) is 0 Å². The third kappa shape index (κ3) is 3.69. The van der Waals surface area contributed by atoms with Gasteiger partial charge in [0.2, 0.25) is 0 Å². The molecule has 0 saturated carbocycles. The highest BCUT2D eigenvalue weighted by atomic mass is 32.2. The highest BCUT2D eigenvalue weighted by Gasteiger charge is 2.26. The maximum absolute atomic E-state index is 13.5. The van der Waals surface area contributed by atoms with E-state index < -0.39 is 10.0 Å². The van der Waals surface area contributed by atoms with Crippen LogP contribution in [0.3, 0.4) is 0 Å². The summed E-state index contributed by atoms with van der Waals surface area (Å²) in [6.45, 7) is 9.80. The second-order valence-electron chi connectivity index (χ2n) is 7.48. The van der Waals surface area contributed by atoms with Gasteiger partial charge >= 0.3 is 0 Å². The fourth-order valence-corrected chi connectivity index (χ4v) is 4.66. The van der Waals surface area contributed by atoms with Gasteiger partial charge in [-0.1, -0.05) is 37.2 Å². The minimum absolute atomic E-state index is 0.0587. The first-order valence-corrected chi connectivity index (χ1v) is 10.7. The molecule has 0 unspecified atom stereocenters. The van der Waals surface area contributed by atoms with E-state index in [4.69, 9.17) is 4.52 Å². The molecule has 0 bridgehead atoms. The summed E-state index contributed by atoms with van der Waals surface area (Å²) in [7, 11) is -2.16. The van der Waals surface area contributed by atoms with Crippen LogP contribution in [0.25, 0.3) is 11.3 Å². The first-order valence-electron chi connectivity index (χ1n) is 9.25. The first kappa shape index (κ1) is 20.1. The molecule has 2 aromatic carbocycles. The molecule has 0 radical (unpaired) electrons. The number of aryl methyl sites for hydroxylation is 3. The normalized spacial score (nSPS) is 11.8. The third-order valence-corrected chi connectivity index (χ3v) is 6.88. The summed E-state index contributed by atoms with van der Waals surface area (Å²) in [5.74, 6) is 0.613. The van der Waals surface area contributed by atoms with E-state index in [1.807, 2.05) is 65.0 Å². The van der Waals surface area contributed by atoms with Crippen LogP contribution in [-0.4, -0.2) is 20.6 Å². The van der Waals surface area contributed by atoms with E-state index in [1.165, 1.54) is 4.31 Å². The largest absolute Gasteiger partial charge is 0.356 e. The molecule has 0 N–H and O–H groups in total. The van der Waals surface area contributed by atoms with Gasteiger partial charge in [0.05, 0.1) is 16.3 Å². The number of hydrogen-bond acceptors (Lipinski definition) is 4. The van der Waals surface area contributed by atoms with E-state index in [-0.39, 0.29) is 10.8 Å². The first-order chi connectivity index (χ1) is 13.1. The van der Waals surface area contributed by atoms with Crippen LogP contribution in [0, 0.1) is 20.8 Å². The smallest absolute Gasteiger partial charge is 0.264 e. The zero-order chi connectivity index (χ0) is 20.6. The average molecular weight is 399 g/mol. The van der Waals surface area contributed by atoms with Crippen molar-refractivity contribution in [1.82, 2.24) is 5.16 Å². The van der Waals surface area contributed by atoms with Crippen LogP contribution in [-0.2, 0) is 10.0 Å². The standard InChI is InChI=1S/C22H26N2O3S/c1-14(2)20-10-8-18(21-12-17(5)23-27-21)13-22(20)28(25,26)24(6)19-9-7-15(3)16(4)11-19/h7-14H,1-6H3. The van der Waals surface area contributed by atoms with Crippen LogP contribution >= 0.6 is 0 Å². The van der Waals surface area contributed by atoms with Gasteiger partial charge in [-0.15, -0.1) is 0 Å². The van der Waals surface area contributed by atoms with Crippen LogP contribution in [0.2, 0.25) is 0 Å². The monoisotopic (exact) mass is 398 g/mol. The van der Waals surface area contributed by atoms with Gasteiger partial charge in [-0.25, -0.2) is 8.42 Å². The number of sulfonamides is 1. The molecular formula is C22H26N2O3S. The predicted octanol–water partition coefficient (Wildman–Crippen LogP) is 5.22. The number of aromatic nitrogens is 1. The van der Waals surface area contributed by atoms with Gasteiger partial charge in [-0.05, 0) is 61.6 Å². The molecular weight excluding hydrogens is 372 g/mol. The third-order valence-electron chi connectivity index (χ3n) is 5.04. The van der Waals surface area contributed by atoms with E-state index in [2.05, 4.69) is 5.16 Å². The quantitative estimate of drug-likeness (QED) is 0.591. The number of rotatable bonds is 5. The number of benzene rings is 2. The summed E-state index contributed by atoms with van der Waals surface area (Å²) in [6.07, 6.45) is 0. The summed E-state index contributed by atoms with van der Waals surface area (Å²) < 4.78 is 33.7. The Kier molecular flexibility index (Phi) is 5.35. The summed E-state index contributed by atoms with van der Waals surface area (Å²) in [5.41, 5.74) is 5.03. The van der Waals surface area contributed by atoms with E-state index in [1.54, 1.807) is 19.2 Å². The fraction of sp³-hybridized carbons (Fsp3) is 0.318. The fourth-order valence-electron chi connectivity index (χ4n) is 3.10. The lowest BCUT2D eigenvalue weighted by molar-refractivity contribution is 0.427. The maximum Gasteiger partial charge on any atom is 0.264 e. The number of hydrogen-bond donors (Lipinski definition) is 0. The molecule has 0 aliphatic rings. The lowest BCUT2D eigenvalue weighted by Gasteiger charge is -2.23. The Morgan fingerprint density at radius 1 is 0.964 bits per heavy atom. The van der Waals surface area contributed by atoms with Gasteiger partial charge < -0.3 is 4.52 Å². The van der Waals surface area contributed by atoms with E-state index >= 15 is 0 Å². The summed E-state index contributed by atoms with van der Waals surface area (Å²) in [6, 6.07) is 12.9. The van der Waals surface area contributed by atoms with E-state index in [0.717, 1.165) is 22.4 Å². The second-order valence-corrected chi connectivity index (χ2v) is 9.42. The number of nitrogens with zero attached hydrogens (tertiary/aromatic N) is 2. The Balaban J connectivity index is 2.14. The van der Waals surface area contributed by atoms with Gasteiger partial charge in [0.1, 0.15) is 0 Å². The van der Waals surface area contributed by atoms with Crippen LogP contribution in [0.4, 0.5) is 5.69 Å². The summed E-state index contributed by atoms with van der Waals surface area (Å²) in [5, 5.41) is 3.91.